The van der Waals surface area contributed by atoms with Crippen molar-refractivity contribution in [1.82, 2.24) is 10.2 Å². The molecule has 0 fully saturated rings. The molecule has 106 valence electrons. The highest BCUT2D eigenvalue weighted by Gasteiger charge is 2.09. The molecule has 0 aromatic heterocycles. The second-order valence-corrected chi connectivity index (χ2v) is 4.59. The summed E-state index contributed by atoms with van der Waals surface area (Å²) in [6.45, 7) is 1.52. The lowest BCUT2D eigenvalue weighted by molar-refractivity contribution is 0.0419. The quantitative estimate of drug-likeness (QED) is 0.754. The van der Waals surface area contributed by atoms with Crippen LogP contribution in [-0.2, 0) is 11.3 Å². The maximum absolute atomic E-state index is 11.5. The maximum Gasteiger partial charge on any atom is 0.251 e. The van der Waals surface area contributed by atoms with Crippen LogP contribution in [0.4, 0.5) is 0 Å². The molecule has 2 N–H and O–H groups in total. The number of ether oxygens (including phenoxy) is 1. The lowest BCUT2D eigenvalue weighted by Gasteiger charge is -2.20. The van der Waals surface area contributed by atoms with Gasteiger partial charge in [-0.1, -0.05) is 12.1 Å². The lowest BCUT2D eigenvalue weighted by Crippen LogP contribution is -2.31. The van der Waals surface area contributed by atoms with Crippen molar-refractivity contribution in [2.45, 2.75) is 12.6 Å². The first-order valence-corrected chi connectivity index (χ1v) is 6.23. The van der Waals surface area contributed by atoms with E-state index in [0.29, 0.717) is 25.3 Å². The van der Waals surface area contributed by atoms with E-state index < -0.39 is 6.10 Å². The normalized spacial score (nSPS) is 12.5. The Kier molecular flexibility index (Phi) is 6.49. The Labute approximate surface area is 114 Å². The van der Waals surface area contributed by atoms with Crippen LogP contribution in [-0.4, -0.2) is 56.4 Å². The molecule has 1 atom stereocenters. The van der Waals surface area contributed by atoms with Crippen molar-refractivity contribution >= 4 is 5.91 Å². The molecule has 1 rings (SSSR count). The van der Waals surface area contributed by atoms with Gasteiger partial charge in [0.05, 0.1) is 12.7 Å². The summed E-state index contributed by atoms with van der Waals surface area (Å²) in [7, 11) is 5.10. The first-order valence-electron chi connectivity index (χ1n) is 6.23. The van der Waals surface area contributed by atoms with Crippen LogP contribution in [0.25, 0.3) is 0 Å². The molecule has 1 aromatic rings. The molecule has 5 heteroatoms. The molecule has 1 amide bonds. The first kappa shape index (κ1) is 15.6. The summed E-state index contributed by atoms with van der Waals surface area (Å²) in [6, 6.07) is 7.46. The van der Waals surface area contributed by atoms with Gasteiger partial charge < -0.3 is 15.2 Å². The van der Waals surface area contributed by atoms with Gasteiger partial charge in [0.1, 0.15) is 0 Å². The molecule has 19 heavy (non-hydrogen) atoms. The van der Waals surface area contributed by atoms with Gasteiger partial charge in [0.15, 0.2) is 0 Å². The molecule has 5 nitrogen and oxygen atoms in total. The fourth-order valence-corrected chi connectivity index (χ4v) is 1.94. The third-order valence-corrected chi connectivity index (χ3v) is 2.75. The number of hydrogen-bond donors (Lipinski definition) is 2. The third-order valence-electron chi connectivity index (χ3n) is 2.75. The van der Waals surface area contributed by atoms with Crippen molar-refractivity contribution in [3.8, 4) is 0 Å². The number of nitrogens with zero attached hydrogens (tertiary/aromatic N) is 1. The van der Waals surface area contributed by atoms with Gasteiger partial charge in [0.2, 0.25) is 0 Å². The minimum atomic E-state index is -0.503. The number of benzene rings is 1. The molecule has 0 bridgehead atoms. The summed E-state index contributed by atoms with van der Waals surface area (Å²) in [5, 5.41) is 12.2. The predicted molar refractivity (Wildman–Crippen MR) is 74.0 cm³/mol. The van der Waals surface area contributed by atoms with Crippen LogP contribution in [0.15, 0.2) is 24.3 Å². The number of aliphatic hydroxyl groups excluding tert-OH is 1. The summed E-state index contributed by atoms with van der Waals surface area (Å²) >= 11 is 0. The minimum absolute atomic E-state index is 0.0936. The van der Waals surface area contributed by atoms with Crippen molar-refractivity contribution in [2.24, 2.45) is 0 Å². The zero-order valence-corrected chi connectivity index (χ0v) is 11.7. The van der Waals surface area contributed by atoms with Gasteiger partial charge >= 0.3 is 0 Å². The molecular weight excluding hydrogens is 244 g/mol. The van der Waals surface area contributed by atoms with Crippen molar-refractivity contribution in [3.05, 3.63) is 35.4 Å². The molecule has 0 heterocycles. The van der Waals surface area contributed by atoms with E-state index in [1.807, 2.05) is 30.1 Å². The Morgan fingerprint density at radius 3 is 2.89 bits per heavy atom. The largest absolute Gasteiger partial charge is 0.389 e. The van der Waals surface area contributed by atoms with Gasteiger partial charge in [-0.2, -0.15) is 0 Å². The fraction of sp³-hybridized carbons (Fsp3) is 0.500. The number of rotatable bonds is 7. The topological polar surface area (TPSA) is 61.8 Å². The standard InChI is InChI=1S/C14H22N2O3/c1-15-14(18)12-6-4-5-11(7-12)8-16(2)9-13(17)10-19-3/h4-7,13,17H,8-10H2,1-3H3,(H,15,18)/t13-/m1/s1. The second-order valence-electron chi connectivity index (χ2n) is 4.59. The molecule has 0 aliphatic rings. The highest BCUT2D eigenvalue weighted by atomic mass is 16.5. The fourth-order valence-electron chi connectivity index (χ4n) is 1.94. The monoisotopic (exact) mass is 266 g/mol. The Balaban J connectivity index is 2.59. The van der Waals surface area contributed by atoms with E-state index >= 15 is 0 Å². The van der Waals surface area contributed by atoms with Crippen molar-refractivity contribution in [1.29, 1.82) is 0 Å². The van der Waals surface area contributed by atoms with Gasteiger partial charge in [0, 0.05) is 32.8 Å². The molecule has 1 aromatic carbocycles. The Hall–Kier alpha value is -1.43. The Bertz CT molecular complexity index is 409. The highest BCUT2D eigenvalue weighted by Crippen LogP contribution is 2.08. The SMILES string of the molecule is CNC(=O)c1cccc(CN(C)C[C@@H](O)COC)c1. The van der Waals surface area contributed by atoms with Crippen molar-refractivity contribution < 1.29 is 14.6 Å². The molecule has 0 aliphatic heterocycles. The maximum atomic E-state index is 11.5. The van der Waals surface area contributed by atoms with Crippen LogP contribution in [0.2, 0.25) is 0 Å². The summed E-state index contributed by atoms with van der Waals surface area (Å²) in [6.07, 6.45) is -0.503. The van der Waals surface area contributed by atoms with Crippen LogP contribution < -0.4 is 5.32 Å². The summed E-state index contributed by atoms with van der Waals surface area (Å²) in [5.74, 6) is -0.0936. The zero-order chi connectivity index (χ0) is 14.3. The number of aliphatic hydroxyl groups is 1. The Morgan fingerprint density at radius 2 is 2.26 bits per heavy atom. The van der Waals surface area contributed by atoms with Gasteiger partial charge in [0.25, 0.3) is 5.91 Å². The second kappa shape index (κ2) is 7.89. The van der Waals surface area contributed by atoms with Crippen LogP contribution in [0.1, 0.15) is 15.9 Å². The van der Waals surface area contributed by atoms with Gasteiger partial charge in [-0.05, 0) is 24.7 Å². The molecule has 0 aliphatic carbocycles. The molecule has 0 saturated heterocycles. The Morgan fingerprint density at radius 1 is 1.53 bits per heavy atom. The summed E-state index contributed by atoms with van der Waals surface area (Å²) in [5.41, 5.74) is 1.68. The molecule has 0 spiro atoms. The number of carbonyl (C=O) groups is 1. The first-order chi connectivity index (χ1) is 9.06. The van der Waals surface area contributed by atoms with Crippen molar-refractivity contribution in [3.63, 3.8) is 0 Å². The number of carbonyl (C=O) groups excluding carboxylic acids is 1. The number of nitrogens with one attached hydrogen (secondary N) is 1. The van der Waals surface area contributed by atoms with Crippen LogP contribution >= 0.6 is 0 Å². The van der Waals surface area contributed by atoms with Crippen LogP contribution in [0.5, 0.6) is 0 Å². The van der Waals surface area contributed by atoms with E-state index in [0.717, 1.165) is 5.56 Å². The van der Waals surface area contributed by atoms with E-state index in [2.05, 4.69) is 5.32 Å². The zero-order valence-electron chi connectivity index (χ0n) is 11.7. The van der Waals surface area contributed by atoms with Crippen LogP contribution in [0, 0.1) is 0 Å². The highest BCUT2D eigenvalue weighted by molar-refractivity contribution is 5.94. The van der Waals surface area contributed by atoms with Gasteiger partial charge in [-0.3, -0.25) is 9.69 Å². The van der Waals surface area contributed by atoms with Gasteiger partial charge in [-0.25, -0.2) is 0 Å². The van der Waals surface area contributed by atoms with E-state index in [4.69, 9.17) is 4.74 Å². The molecular formula is C14H22N2O3. The molecule has 0 unspecified atom stereocenters. The molecule has 0 saturated carbocycles. The predicted octanol–water partition coefficient (Wildman–Crippen LogP) is 0.485. The average Bonchev–Trinajstić information content (AvgIpc) is 2.38. The van der Waals surface area contributed by atoms with Crippen LogP contribution in [0.3, 0.4) is 0 Å². The smallest absolute Gasteiger partial charge is 0.251 e. The van der Waals surface area contributed by atoms with E-state index in [9.17, 15) is 9.90 Å². The third kappa shape index (κ3) is 5.38. The lowest BCUT2D eigenvalue weighted by atomic mass is 10.1. The van der Waals surface area contributed by atoms with E-state index in [1.165, 1.54) is 0 Å². The van der Waals surface area contributed by atoms with Gasteiger partial charge in [-0.15, -0.1) is 0 Å². The number of hydrogen-bond acceptors (Lipinski definition) is 4. The molecule has 0 radical (unpaired) electrons. The number of amides is 1. The summed E-state index contributed by atoms with van der Waals surface area (Å²) in [4.78, 5) is 13.5. The summed E-state index contributed by atoms with van der Waals surface area (Å²) < 4.78 is 4.89. The minimum Gasteiger partial charge on any atom is -0.389 e. The van der Waals surface area contributed by atoms with E-state index in [-0.39, 0.29) is 5.91 Å². The number of methoxy groups -OCH3 is 1. The average molecular weight is 266 g/mol. The number of likely N-dealkylation sites (N-methyl/N-ethyl adjacent to an activating group) is 1. The van der Waals surface area contributed by atoms with Crippen molar-refractivity contribution in [2.75, 3.05) is 34.4 Å². The van der Waals surface area contributed by atoms with E-state index in [1.54, 1.807) is 20.2 Å².